The molecule has 0 aliphatic rings. The molecule has 2 rings (SSSR count). The number of benzene rings is 1. The number of nitrogens with one attached hydrogen (secondary N) is 3. The lowest BCUT2D eigenvalue weighted by molar-refractivity contribution is -0.121. The van der Waals surface area contributed by atoms with Crippen molar-refractivity contribution in [3.63, 3.8) is 0 Å². The fourth-order valence-electron chi connectivity index (χ4n) is 2.89. The number of sulfonamides is 1. The second-order valence-corrected chi connectivity index (χ2v) is 8.19. The Bertz CT molecular complexity index is 1100. The maximum atomic E-state index is 12.2. The number of hydrogen-bond donors (Lipinski definition) is 3. The van der Waals surface area contributed by atoms with Gasteiger partial charge < -0.3 is 10.3 Å². The lowest BCUT2D eigenvalue weighted by Gasteiger charge is -2.11. The Balaban J connectivity index is 2.03. The van der Waals surface area contributed by atoms with E-state index in [2.05, 4.69) is 15.0 Å². The molecular formula is C19H22N4O4S. The smallest absolute Gasteiger partial charge is 0.266 e. The molecule has 0 radical (unpaired) electrons. The molecule has 28 heavy (non-hydrogen) atoms. The molecule has 0 bridgehead atoms. The molecule has 1 aromatic carbocycles. The van der Waals surface area contributed by atoms with Gasteiger partial charge in [-0.3, -0.25) is 9.59 Å². The van der Waals surface area contributed by atoms with Gasteiger partial charge in [0.1, 0.15) is 11.6 Å². The predicted octanol–water partition coefficient (Wildman–Crippen LogP) is 1.02. The van der Waals surface area contributed by atoms with E-state index in [9.17, 15) is 18.0 Å². The van der Waals surface area contributed by atoms with Crippen LogP contribution in [0.4, 0.5) is 0 Å². The molecule has 8 nitrogen and oxygen atoms in total. The molecule has 0 spiro atoms. The van der Waals surface area contributed by atoms with Gasteiger partial charge in [-0.05, 0) is 56.1 Å². The van der Waals surface area contributed by atoms with Crippen molar-refractivity contribution in [1.82, 2.24) is 15.0 Å². The molecule has 0 saturated heterocycles. The van der Waals surface area contributed by atoms with Crippen molar-refractivity contribution in [3.8, 4) is 6.07 Å². The van der Waals surface area contributed by atoms with Crippen molar-refractivity contribution in [1.29, 1.82) is 5.26 Å². The second kappa shape index (κ2) is 8.82. The summed E-state index contributed by atoms with van der Waals surface area (Å²) in [6, 6.07) is 8.21. The molecule has 0 saturated carbocycles. The molecule has 3 N–H and O–H groups in total. The van der Waals surface area contributed by atoms with Crippen LogP contribution in [0.1, 0.15) is 34.4 Å². The predicted molar refractivity (Wildman–Crippen MR) is 104 cm³/mol. The van der Waals surface area contributed by atoms with Gasteiger partial charge in [0.15, 0.2) is 0 Å². The van der Waals surface area contributed by atoms with Crippen molar-refractivity contribution in [3.05, 3.63) is 62.6 Å². The number of carbonyl (C=O) groups excluding carboxylic acids is 1. The summed E-state index contributed by atoms with van der Waals surface area (Å²) in [7, 11) is -2.21. The molecule has 1 heterocycles. The second-order valence-electron chi connectivity index (χ2n) is 6.30. The molecule has 1 amide bonds. The van der Waals surface area contributed by atoms with Crippen molar-refractivity contribution < 1.29 is 13.2 Å². The summed E-state index contributed by atoms with van der Waals surface area (Å²) in [5, 5.41) is 11.9. The first-order chi connectivity index (χ1) is 13.2. The average molecular weight is 402 g/mol. The van der Waals surface area contributed by atoms with Gasteiger partial charge in [0.2, 0.25) is 15.9 Å². The summed E-state index contributed by atoms with van der Waals surface area (Å²) in [4.78, 5) is 26.7. The third kappa shape index (κ3) is 4.85. The first-order valence-electron chi connectivity index (χ1n) is 8.61. The first-order valence-corrected chi connectivity index (χ1v) is 10.1. The summed E-state index contributed by atoms with van der Waals surface area (Å²) < 4.78 is 25.9. The minimum atomic E-state index is -3.54. The van der Waals surface area contributed by atoms with E-state index in [4.69, 9.17) is 5.26 Å². The van der Waals surface area contributed by atoms with E-state index in [0.29, 0.717) is 23.2 Å². The SMILES string of the molecule is CNS(=O)(=O)c1cccc(CNC(=O)CCc2c(C)[nH]c(=O)c(C#N)c2C)c1. The van der Waals surface area contributed by atoms with Crippen LogP contribution in [-0.2, 0) is 27.8 Å². The highest BCUT2D eigenvalue weighted by Crippen LogP contribution is 2.15. The third-order valence-corrected chi connectivity index (χ3v) is 5.90. The number of nitrogens with zero attached hydrogens (tertiary/aromatic N) is 1. The fourth-order valence-corrected chi connectivity index (χ4v) is 3.69. The van der Waals surface area contributed by atoms with E-state index in [0.717, 1.165) is 5.56 Å². The quantitative estimate of drug-likeness (QED) is 0.636. The fraction of sp³-hybridized carbons (Fsp3) is 0.316. The Labute approximate surface area is 163 Å². The van der Waals surface area contributed by atoms with E-state index in [1.807, 2.05) is 6.07 Å². The Morgan fingerprint density at radius 3 is 2.64 bits per heavy atom. The first kappa shape index (κ1) is 21.3. The topological polar surface area (TPSA) is 132 Å². The molecule has 148 valence electrons. The van der Waals surface area contributed by atoms with Crippen LogP contribution < -0.4 is 15.6 Å². The molecule has 0 aliphatic carbocycles. The van der Waals surface area contributed by atoms with Crippen LogP contribution in [-0.4, -0.2) is 26.4 Å². The van der Waals surface area contributed by atoms with E-state index >= 15 is 0 Å². The molecule has 1 aromatic heterocycles. The Morgan fingerprint density at radius 2 is 2.00 bits per heavy atom. The highest BCUT2D eigenvalue weighted by Gasteiger charge is 2.14. The number of aryl methyl sites for hydroxylation is 1. The number of carbonyl (C=O) groups is 1. The van der Waals surface area contributed by atoms with Crippen molar-refractivity contribution in [2.75, 3.05) is 7.05 Å². The van der Waals surface area contributed by atoms with Crippen LogP contribution in [0, 0.1) is 25.2 Å². The van der Waals surface area contributed by atoms with Crippen molar-refractivity contribution in [2.24, 2.45) is 0 Å². The summed E-state index contributed by atoms with van der Waals surface area (Å²) >= 11 is 0. The Morgan fingerprint density at radius 1 is 1.29 bits per heavy atom. The number of aromatic amines is 1. The van der Waals surface area contributed by atoms with Gasteiger partial charge in [0.25, 0.3) is 5.56 Å². The minimum absolute atomic E-state index is 0.0589. The van der Waals surface area contributed by atoms with Gasteiger partial charge >= 0.3 is 0 Å². The normalized spacial score (nSPS) is 11.1. The van der Waals surface area contributed by atoms with Gasteiger partial charge in [-0.15, -0.1) is 0 Å². The molecule has 0 atom stereocenters. The van der Waals surface area contributed by atoms with E-state index in [1.165, 1.54) is 19.2 Å². The van der Waals surface area contributed by atoms with E-state index in [-0.39, 0.29) is 29.3 Å². The zero-order chi connectivity index (χ0) is 20.9. The number of amides is 1. The van der Waals surface area contributed by atoms with E-state index < -0.39 is 15.6 Å². The lowest BCUT2D eigenvalue weighted by Crippen LogP contribution is -2.24. The number of pyridine rings is 1. The minimum Gasteiger partial charge on any atom is -0.352 e. The molecule has 9 heteroatoms. The molecule has 2 aromatic rings. The molecule has 0 fully saturated rings. The summed E-state index contributed by atoms with van der Waals surface area (Å²) in [5.41, 5.74) is 2.28. The van der Waals surface area contributed by atoms with Gasteiger partial charge in [-0.25, -0.2) is 13.1 Å². The van der Waals surface area contributed by atoms with Gasteiger partial charge in [0, 0.05) is 18.7 Å². The third-order valence-electron chi connectivity index (χ3n) is 4.49. The monoisotopic (exact) mass is 402 g/mol. The molecule has 0 unspecified atom stereocenters. The largest absolute Gasteiger partial charge is 0.352 e. The standard InChI is InChI=1S/C19H22N4O4S/c1-12-16(13(2)23-19(25)17(12)10-20)7-8-18(24)22-11-14-5-4-6-15(9-14)28(26,27)21-3/h4-6,9,21H,7-8,11H2,1-3H3,(H,22,24)(H,23,25). The van der Waals surface area contributed by atoms with Crippen LogP contribution in [0.15, 0.2) is 34.0 Å². The Hall–Kier alpha value is -2.96. The highest BCUT2D eigenvalue weighted by atomic mass is 32.2. The summed E-state index contributed by atoms with van der Waals surface area (Å²) in [6.45, 7) is 3.62. The maximum Gasteiger partial charge on any atom is 0.266 e. The number of hydrogen-bond acceptors (Lipinski definition) is 5. The number of nitriles is 1. The summed E-state index contributed by atoms with van der Waals surface area (Å²) in [5.74, 6) is -0.217. The maximum absolute atomic E-state index is 12.2. The van der Waals surface area contributed by atoms with E-state index in [1.54, 1.807) is 26.0 Å². The van der Waals surface area contributed by atoms with Crippen molar-refractivity contribution >= 4 is 15.9 Å². The van der Waals surface area contributed by atoms with Crippen LogP contribution in [0.2, 0.25) is 0 Å². The molecular weight excluding hydrogens is 380 g/mol. The van der Waals surface area contributed by atoms with Crippen LogP contribution in [0.5, 0.6) is 0 Å². The van der Waals surface area contributed by atoms with Gasteiger partial charge in [0.05, 0.1) is 4.90 Å². The van der Waals surface area contributed by atoms with Gasteiger partial charge in [-0.1, -0.05) is 12.1 Å². The van der Waals surface area contributed by atoms with Crippen LogP contribution in [0.3, 0.4) is 0 Å². The highest BCUT2D eigenvalue weighted by molar-refractivity contribution is 7.89. The average Bonchev–Trinajstić information content (AvgIpc) is 2.66. The molecule has 0 aliphatic heterocycles. The lowest BCUT2D eigenvalue weighted by atomic mass is 9.99. The number of aromatic nitrogens is 1. The summed E-state index contributed by atoms with van der Waals surface area (Å²) in [6.07, 6.45) is 0.552. The van der Waals surface area contributed by atoms with Crippen LogP contribution in [0.25, 0.3) is 0 Å². The van der Waals surface area contributed by atoms with Gasteiger partial charge in [-0.2, -0.15) is 5.26 Å². The number of H-pyrrole nitrogens is 1. The zero-order valence-electron chi connectivity index (χ0n) is 15.9. The Kier molecular flexibility index (Phi) is 6.72. The van der Waals surface area contributed by atoms with Crippen LogP contribution >= 0.6 is 0 Å². The van der Waals surface area contributed by atoms with Crippen molar-refractivity contribution in [2.45, 2.75) is 38.1 Å². The zero-order valence-corrected chi connectivity index (χ0v) is 16.7. The number of rotatable bonds is 7.